The molecule has 0 bridgehead atoms. The van der Waals surface area contributed by atoms with E-state index < -0.39 is 17.3 Å². The van der Waals surface area contributed by atoms with Crippen LogP contribution in [0, 0.1) is 11.6 Å². The second-order valence-corrected chi connectivity index (χ2v) is 4.08. The molecule has 0 aliphatic rings. The Balaban J connectivity index is 2.16. The summed E-state index contributed by atoms with van der Waals surface area (Å²) in [5.41, 5.74) is -0.343. The van der Waals surface area contributed by atoms with Crippen molar-refractivity contribution in [2.24, 2.45) is 0 Å². The van der Waals surface area contributed by atoms with Crippen LogP contribution in [0.1, 0.15) is 5.56 Å². The van der Waals surface area contributed by atoms with Crippen molar-refractivity contribution in [2.75, 3.05) is 11.9 Å². The average Bonchev–Trinajstić information content (AvgIpc) is 2.43. The Bertz CT molecular complexity index is 658. The number of rotatable bonds is 5. The van der Waals surface area contributed by atoms with E-state index in [0.29, 0.717) is 5.56 Å². The molecular weight excluding hydrogens is 268 g/mol. The van der Waals surface area contributed by atoms with Crippen molar-refractivity contribution in [1.82, 2.24) is 9.55 Å². The van der Waals surface area contributed by atoms with Gasteiger partial charge in [-0.3, -0.25) is 4.57 Å². The Kier molecular flexibility index (Phi) is 4.41. The van der Waals surface area contributed by atoms with Gasteiger partial charge in [-0.15, -0.1) is 0 Å². The maximum atomic E-state index is 13.7. The van der Waals surface area contributed by atoms with E-state index in [1.807, 2.05) is 0 Å². The lowest BCUT2D eigenvalue weighted by Crippen LogP contribution is -2.26. The molecular formula is C13H13F2N3O2. The number of hydrogen-bond acceptors (Lipinski definition) is 4. The first-order valence-electron chi connectivity index (χ1n) is 5.97. The number of anilines is 1. The number of nitrogens with one attached hydrogen (secondary N) is 1. The zero-order valence-electron chi connectivity index (χ0n) is 10.5. The van der Waals surface area contributed by atoms with Gasteiger partial charge in [0, 0.05) is 18.3 Å². The van der Waals surface area contributed by atoms with Crippen LogP contribution in [0.2, 0.25) is 0 Å². The van der Waals surface area contributed by atoms with Gasteiger partial charge in [-0.1, -0.05) is 18.2 Å². The first-order valence-corrected chi connectivity index (χ1v) is 5.97. The smallest absolute Gasteiger partial charge is 0.349 e. The van der Waals surface area contributed by atoms with Crippen molar-refractivity contribution >= 4 is 5.82 Å². The highest BCUT2D eigenvalue weighted by atomic mass is 19.1. The van der Waals surface area contributed by atoms with Crippen LogP contribution in [0.25, 0.3) is 0 Å². The van der Waals surface area contributed by atoms with Gasteiger partial charge in [-0.2, -0.15) is 4.98 Å². The summed E-state index contributed by atoms with van der Waals surface area (Å²) in [6.45, 7) is -0.306. The van der Waals surface area contributed by atoms with Crippen LogP contribution in [0.3, 0.4) is 0 Å². The van der Waals surface area contributed by atoms with Crippen LogP contribution in [0.5, 0.6) is 0 Å². The summed E-state index contributed by atoms with van der Waals surface area (Å²) in [7, 11) is 0. The third kappa shape index (κ3) is 3.18. The second-order valence-electron chi connectivity index (χ2n) is 4.08. The number of benzene rings is 1. The summed E-state index contributed by atoms with van der Waals surface area (Å²) in [5, 5.41) is 11.3. The maximum absolute atomic E-state index is 13.7. The molecule has 2 aromatic rings. The fraction of sp³-hybridized carbons (Fsp3) is 0.231. The minimum atomic E-state index is -0.741. The molecule has 20 heavy (non-hydrogen) atoms. The summed E-state index contributed by atoms with van der Waals surface area (Å²) in [6.07, 6.45) is 0.954. The highest BCUT2D eigenvalue weighted by molar-refractivity contribution is 5.35. The number of aliphatic hydroxyl groups excluding tert-OH is 1. The third-order valence-electron chi connectivity index (χ3n) is 2.69. The first kappa shape index (κ1) is 14.1. The minimum Gasteiger partial charge on any atom is -0.395 e. The van der Waals surface area contributed by atoms with Gasteiger partial charge in [0.2, 0.25) is 0 Å². The van der Waals surface area contributed by atoms with E-state index in [1.54, 1.807) is 18.2 Å². The zero-order chi connectivity index (χ0) is 14.5. The first-order chi connectivity index (χ1) is 9.61. The van der Waals surface area contributed by atoms with Crippen molar-refractivity contribution < 1.29 is 13.9 Å². The van der Waals surface area contributed by atoms with E-state index in [-0.39, 0.29) is 25.5 Å². The summed E-state index contributed by atoms with van der Waals surface area (Å²) in [6, 6.07) is 6.05. The van der Waals surface area contributed by atoms with Crippen molar-refractivity contribution in [3.05, 3.63) is 58.1 Å². The monoisotopic (exact) mass is 281 g/mol. The summed E-state index contributed by atoms with van der Waals surface area (Å²) < 4.78 is 28.0. The molecule has 0 aliphatic heterocycles. The van der Waals surface area contributed by atoms with Gasteiger partial charge in [0.15, 0.2) is 11.6 Å². The van der Waals surface area contributed by atoms with E-state index >= 15 is 0 Å². The van der Waals surface area contributed by atoms with Gasteiger partial charge < -0.3 is 10.4 Å². The Morgan fingerprint density at radius 3 is 2.70 bits per heavy atom. The Hall–Kier alpha value is -2.28. The molecule has 0 saturated heterocycles. The summed E-state index contributed by atoms with van der Waals surface area (Å²) in [4.78, 5) is 15.0. The van der Waals surface area contributed by atoms with E-state index in [4.69, 9.17) is 5.11 Å². The van der Waals surface area contributed by atoms with E-state index in [0.717, 1.165) is 10.8 Å². The van der Waals surface area contributed by atoms with Gasteiger partial charge >= 0.3 is 5.69 Å². The van der Waals surface area contributed by atoms with Crippen molar-refractivity contribution in [3.63, 3.8) is 0 Å². The average molecular weight is 281 g/mol. The topological polar surface area (TPSA) is 67.2 Å². The summed E-state index contributed by atoms with van der Waals surface area (Å²) in [5.74, 6) is -1.41. The molecule has 0 radical (unpaired) electrons. The number of aliphatic hydroxyl groups is 1. The molecule has 0 spiro atoms. The standard InChI is InChI=1S/C13H13F2N3O2/c14-10-4-2-1-3-9(10)7-16-12-11(15)8-18(5-6-19)13(20)17-12/h1-4,8,19H,5-7H2,(H,16,17,20). The highest BCUT2D eigenvalue weighted by Crippen LogP contribution is 2.11. The van der Waals surface area contributed by atoms with Gasteiger partial charge in [-0.25, -0.2) is 13.6 Å². The van der Waals surface area contributed by atoms with Gasteiger partial charge in [0.25, 0.3) is 0 Å². The Morgan fingerprint density at radius 1 is 1.25 bits per heavy atom. The number of nitrogens with zero attached hydrogens (tertiary/aromatic N) is 2. The van der Waals surface area contributed by atoms with Crippen LogP contribution < -0.4 is 11.0 Å². The van der Waals surface area contributed by atoms with Crippen LogP contribution in [-0.4, -0.2) is 21.3 Å². The normalized spacial score (nSPS) is 10.6. The third-order valence-corrected chi connectivity index (χ3v) is 2.69. The Labute approximate surface area is 113 Å². The quantitative estimate of drug-likeness (QED) is 0.862. The largest absolute Gasteiger partial charge is 0.395 e. The van der Waals surface area contributed by atoms with E-state index in [1.165, 1.54) is 6.07 Å². The van der Waals surface area contributed by atoms with Crippen LogP contribution in [-0.2, 0) is 13.1 Å². The molecule has 2 rings (SSSR count). The van der Waals surface area contributed by atoms with E-state index in [2.05, 4.69) is 10.3 Å². The molecule has 1 aromatic carbocycles. The van der Waals surface area contributed by atoms with Gasteiger partial charge in [0.1, 0.15) is 5.82 Å². The lowest BCUT2D eigenvalue weighted by molar-refractivity contribution is 0.272. The maximum Gasteiger partial charge on any atom is 0.349 e. The fourth-order valence-corrected chi connectivity index (χ4v) is 1.68. The van der Waals surface area contributed by atoms with Crippen LogP contribution in [0.15, 0.2) is 35.3 Å². The van der Waals surface area contributed by atoms with Crippen molar-refractivity contribution in [3.8, 4) is 0 Å². The molecule has 0 fully saturated rings. The van der Waals surface area contributed by atoms with E-state index in [9.17, 15) is 13.6 Å². The molecule has 5 nitrogen and oxygen atoms in total. The molecule has 1 heterocycles. The molecule has 1 aromatic heterocycles. The number of halogens is 2. The molecule has 0 atom stereocenters. The van der Waals surface area contributed by atoms with Gasteiger partial charge in [-0.05, 0) is 6.07 Å². The molecule has 0 aliphatic carbocycles. The lowest BCUT2D eigenvalue weighted by atomic mass is 10.2. The lowest BCUT2D eigenvalue weighted by Gasteiger charge is -2.09. The number of aromatic nitrogens is 2. The van der Waals surface area contributed by atoms with Crippen molar-refractivity contribution in [2.45, 2.75) is 13.1 Å². The molecule has 0 saturated carbocycles. The second kappa shape index (κ2) is 6.25. The van der Waals surface area contributed by atoms with Crippen LogP contribution in [0.4, 0.5) is 14.6 Å². The molecule has 2 N–H and O–H groups in total. The Morgan fingerprint density at radius 2 is 2.00 bits per heavy atom. The number of hydrogen-bond donors (Lipinski definition) is 2. The predicted molar refractivity (Wildman–Crippen MR) is 69.3 cm³/mol. The zero-order valence-corrected chi connectivity index (χ0v) is 10.5. The van der Waals surface area contributed by atoms with Crippen molar-refractivity contribution in [1.29, 1.82) is 0 Å². The SMILES string of the molecule is O=c1nc(NCc2ccccc2F)c(F)cn1CCO. The molecule has 106 valence electrons. The predicted octanol–water partition coefficient (Wildman–Crippen LogP) is 1.13. The molecule has 7 heteroatoms. The minimum absolute atomic E-state index is 0.0139. The fourth-order valence-electron chi connectivity index (χ4n) is 1.68. The van der Waals surface area contributed by atoms with Gasteiger partial charge in [0.05, 0.1) is 13.2 Å². The molecule has 0 unspecified atom stereocenters. The van der Waals surface area contributed by atoms with Crippen LogP contribution >= 0.6 is 0 Å². The molecule has 0 amide bonds. The highest BCUT2D eigenvalue weighted by Gasteiger charge is 2.09. The summed E-state index contributed by atoms with van der Waals surface area (Å²) >= 11 is 0.